The molecular weight excluding hydrogens is 224 g/mol. The number of hydrogen-bond donors (Lipinski definition) is 0. The summed E-state index contributed by atoms with van der Waals surface area (Å²) in [7, 11) is 0. The molecular formula is C16H32O2. The molecule has 0 aliphatic carbocycles. The van der Waals surface area contributed by atoms with Gasteiger partial charge in [-0.15, -0.1) is 0 Å². The monoisotopic (exact) mass is 256 g/mol. The molecule has 0 aromatic carbocycles. The van der Waals surface area contributed by atoms with Gasteiger partial charge in [0, 0.05) is 6.92 Å². The normalized spacial score (nSPS) is 12.4. The van der Waals surface area contributed by atoms with E-state index in [2.05, 4.69) is 13.8 Å². The first kappa shape index (κ1) is 17.5. The van der Waals surface area contributed by atoms with Gasteiger partial charge in [-0.3, -0.25) is 4.79 Å². The van der Waals surface area contributed by atoms with E-state index in [1.807, 2.05) is 0 Å². The summed E-state index contributed by atoms with van der Waals surface area (Å²) in [4.78, 5) is 10.6. The molecule has 0 amide bonds. The van der Waals surface area contributed by atoms with Crippen molar-refractivity contribution < 1.29 is 9.53 Å². The molecule has 0 aromatic heterocycles. The van der Waals surface area contributed by atoms with Crippen molar-refractivity contribution in [1.82, 2.24) is 0 Å². The maximum Gasteiger partial charge on any atom is 0.302 e. The number of esters is 1. The fourth-order valence-corrected chi connectivity index (χ4v) is 2.15. The van der Waals surface area contributed by atoms with E-state index in [1.165, 1.54) is 71.1 Å². The second-order valence-corrected chi connectivity index (χ2v) is 5.52. The number of carbonyl (C=O) groups excluding carboxylic acids is 1. The van der Waals surface area contributed by atoms with E-state index in [0.717, 1.165) is 0 Å². The summed E-state index contributed by atoms with van der Waals surface area (Å²) in [6, 6.07) is 0. The van der Waals surface area contributed by atoms with Crippen LogP contribution in [0.15, 0.2) is 0 Å². The van der Waals surface area contributed by atoms with Gasteiger partial charge in [-0.05, 0) is 12.3 Å². The molecule has 0 spiro atoms. The zero-order valence-corrected chi connectivity index (χ0v) is 12.7. The van der Waals surface area contributed by atoms with Crippen LogP contribution in [0.4, 0.5) is 0 Å². The summed E-state index contributed by atoms with van der Waals surface area (Å²) < 4.78 is 5.00. The highest BCUT2D eigenvalue weighted by Gasteiger charge is 2.03. The lowest BCUT2D eigenvalue weighted by molar-refractivity contribution is -0.142. The van der Waals surface area contributed by atoms with E-state index in [1.54, 1.807) is 0 Å². The Balaban J connectivity index is 3.12. The third-order valence-electron chi connectivity index (χ3n) is 3.37. The molecule has 2 nitrogen and oxygen atoms in total. The van der Waals surface area contributed by atoms with Gasteiger partial charge >= 0.3 is 5.97 Å². The molecule has 18 heavy (non-hydrogen) atoms. The van der Waals surface area contributed by atoms with Crippen LogP contribution in [0.2, 0.25) is 0 Å². The fraction of sp³-hybridized carbons (Fsp3) is 0.938. The Hall–Kier alpha value is -0.530. The minimum atomic E-state index is -0.158. The number of ether oxygens (including phenoxy) is 1. The van der Waals surface area contributed by atoms with Crippen molar-refractivity contribution in [3.8, 4) is 0 Å². The molecule has 2 heteroatoms. The van der Waals surface area contributed by atoms with Crippen LogP contribution in [0.5, 0.6) is 0 Å². The molecule has 0 radical (unpaired) electrons. The summed E-state index contributed by atoms with van der Waals surface area (Å²) in [6.45, 7) is 6.49. The number of rotatable bonds is 12. The van der Waals surface area contributed by atoms with Crippen LogP contribution >= 0.6 is 0 Å². The van der Waals surface area contributed by atoms with E-state index >= 15 is 0 Å². The Morgan fingerprint density at radius 2 is 1.44 bits per heavy atom. The Morgan fingerprint density at radius 3 is 1.94 bits per heavy atom. The van der Waals surface area contributed by atoms with Crippen LogP contribution < -0.4 is 0 Å². The van der Waals surface area contributed by atoms with E-state index < -0.39 is 0 Å². The first-order valence-corrected chi connectivity index (χ1v) is 7.80. The quantitative estimate of drug-likeness (QED) is 0.358. The van der Waals surface area contributed by atoms with Crippen molar-refractivity contribution in [3.05, 3.63) is 0 Å². The zero-order chi connectivity index (χ0) is 13.6. The highest BCUT2D eigenvalue weighted by molar-refractivity contribution is 5.65. The van der Waals surface area contributed by atoms with Crippen LogP contribution in [0.25, 0.3) is 0 Å². The highest BCUT2D eigenvalue weighted by atomic mass is 16.5. The third kappa shape index (κ3) is 13.5. The van der Waals surface area contributed by atoms with Crippen molar-refractivity contribution in [1.29, 1.82) is 0 Å². The van der Waals surface area contributed by atoms with E-state index in [-0.39, 0.29) is 5.97 Å². The van der Waals surface area contributed by atoms with Gasteiger partial charge in [0.2, 0.25) is 0 Å². The maximum absolute atomic E-state index is 10.6. The van der Waals surface area contributed by atoms with Gasteiger partial charge in [-0.25, -0.2) is 0 Å². The van der Waals surface area contributed by atoms with Gasteiger partial charge in [0.05, 0.1) is 6.61 Å². The Kier molecular flexibility index (Phi) is 12.5. The fourth-order valence-electron chi connectivity index (χ4n) is 2.15. The predicted molar refractivity (Wildman–Crippen MR) is 77.6 cm³/mol. The summed E-state index contributed by atoms with van der Waals surface area (Å²) in [5.74, 6) is 0.354. The first-order valence-electron chi connectivity index (χ1n) is 7.80. The molecule has 0 rings (SSSR count). The van der Waals surface area contributed by atoms with Gasteiger partial charge in [-0.1, -0.05) is 71.6 Å². The number of hydrogen-bond acceptors (Lipinski definition) is 2. The van der Waals surface area contributed by atoms with Gasteiger partial charge in [0.25, 0.3) is 0 Å². The molecule has 0 saturated heterocycles. The predicted octanol–water partition coefficient (Wildman–Crippen LogP) is 5.11. The molecule has 0 bridgehead atoms. The minimum Gasteiger partial charge on any atom is -0.466 e. The van der Waals surface area contributed by atoms with Gasteiger partial charge in [0.15, 0.2) is 0 Å². The molecule has 0 N–H and O–H groups in total. The molecule has 1 atom stereocenters. The number of unbranched alkanes of at least 4 members (excludes halogenated alkanes) is 8. The summed E-state index contributed by atoms with van der Waals surface area (Å²) >= 11 is 0. The summed E-state index contributed by atoms with van der Waals surface area (Å²) in [6.07, 6.45) is 13.5. The standard InChI is InChI=1S/C16H32O2/c1-4-5-6-7-8-9-10-11-12-13-15(2)14-18-16(3)17/h15H,4-14H2,1-3H3. The maximum atomic E-state index is 10.6. The summed E-state index contributed by atoms with van der Waals surface area (Å²) in [5.41, 5.74) is 0. The topological polar surface area (TPSA) is 26.3 Å². The second kappa shape index (κ2) is 12.9. The van der Waals surface area contributed by atoms with Crippen molar-refractivity contribution >= 4 is 5.97 Å². The first-order chi connectivity index (χ1) is 8.66. The zero-order valence-electron chi connectivity index (χ0n) is 12.7. The van der Waals surface area contributed by atoms with Gasteiger partial charge in [0.1, 0.15) is 0 Å². The third-order valence-corrected chi connectivity index (χ3v) is 3.37. The second-order valence-electron chi connectivity index (χ2n) is 5.52. The Bertz CT molecular complexity index is 190. The van der Waals surface area contributed by atoms with Crippen LogP contribution in [-0.4, -0.2) is 12.6 Å². The summed E-state index contributed by atoms with van der Waals surface area (Å²) in [5, 5.41) is 0. The molecule has 108 valence electrons. The lowest BCUT2D eigenvalue weighted by Gasteiger charge is -2.10. The molecule has 0 fully saturated rings. The van der Waals surface area contributed by atoms with E-state index in [9.17, 15) is 4.79 Å². The molecule has 0 heterocycles. The van der Waals surface area contributed by atoms with Crippen molar-refractivity contribution in [2.24, 2.45) is 5.92 Å². The van der Waals surface area contributed by atoms with Gasteiger partial charge < -0.3 is 4.74 Å². The Morgan fingerprint density at radius 1 is 0.944 bits per heavy atom. The van der Waals surface area contributed by atoms with Crippen LogP contribution in [0.1, 0.15) is 85.0 Å². The average Bonchev–Trinajstić information content (AvgIpc) is 2.34. The van der Waals surface area contributed by atoms with Crippen molar-refractivity contribution in [2.45, 2.75) is 85.0 Å². The van der Waals surface area contributed by atoms with E-state index in [4.69, 9.17) is 4.74 Å². The smallest absolute Gasteiger partial charge is 0.302 e. The molecule has 0 saturated carbocycles. The Labute approximate surface area is 113 Å². The lowest BCUT2D eigenvalue weighted by atomic mass is 10.0. The lowest BCUT2D eigenvalue weighted by Crippen LogP contribution is -2.09. The van der Waals surface area contributed by atoms with Gasteiger partial charge in [-0.2, -0.15) is 0 Å². The minimum absolute atomic E-state index is 0.158. The molecule has 0 aliphatic heterocycles. The van der Waals surface area contributed by atoms with E-state index in [0.29, 0.717) is 12.5 Å². The average molecular weight is 256 g/mol. The molecule has 1 unspecified atom stereocenters. The van der Waals surface area contributed by atoms with Crippen molar-refractivity contribution in [3.63, 3.8) is 0 Å². The van der Waals surface area contributed by atoms with Crippen LogP contribution in [0.3, 0.4) is 0 Å². The molecule has 0 aliphatic rings. The van der Waals surface area contributed by atoms with Crippen LogP contribution in [0, 0.1) is 5.92 Å². The largest absolute Gasteiger partial charge is 0.466 e. The SMILES string of the molecule is CCCCCCCCCCCC(C)COC(C)=O. The molecule has 0 aromatic rings. The van der Waals surface area contributed by atoms with Crippen LogP contribution in [-0.2, 0) is 9.53 Å². The number of carbonyl (C=O) groups is 1. The highest BCUT2D eigenvalue weighted by Crippen LogP contribution is 2.13. The van der Waals surface area contributed by atoms with Crippen molar-refractivity contribution in [2.75, 3.05) is 6.61 Å².